The summed E-state index contributed by atoms with van der Waals surface area (Å²) in [6, 6.07) is 13.2. The molecule has 1 heterocycles. The van der Waals surface area contributed by atoms with Gasteiger partial charge in [-0.25, -0.2) is 0 Å². The van der Waals surface area contributed by atoms with Crippen molar-refractivity contribution in [1.29, 1.82) is 5.26 Å². The second-order valence-electron chi connectivity index (χ2n) is 5.40. The maximum atomic E-state index is 12.6. The maximum Gasteiger partial charge on any atom is 0.247 e. The van der Waals surface area contributed by atoms with Gasteiger partial charge in [-0.1, -0.05) is 19.1 Å². The van der Waals surface area contributed by atoms with E-state index in [1.807, 2.05) is 36.1 Å². The molecule has 0 radical (unpaired) electrons. The van der Waals surface area contributed by atoms with Gasteiger partial charge >= 0.3 is 0 Å². The molecule has 2 rings (SSSR count). The Morgan fingerprint density at radius 2 is 2.04 bits per heavy atom. The molecule has 0 N–H and O–H groups in total. The van der Waals surface area contributed by atoms with Crippen molar-refractivity contribution in [2.45, 2.75) is 26.3 Å². The first-order chi connectivity index (χ1) is 11.7. The summed E-state index contributed by atoms with van der Waals surface area (Å²) in [6.07, 6.45) is 7.66. The van der Waals surface area contributed by atoms with Crippen molar-refractivity contribution < 1.29 is 4.79 Å². The average Bonchev–Trinajstić information content (AvgIpc) is 2.64. The fourth-order valence-electron chi connectivity index (χ4n) is 2.73. The number of pyridine rings is 1. The SMILES string of the molecule is CC[C@H](c1ccncc1)N(CC)C(=O)/C=C/c1cccc(C#N)c1. The lowest BCUT2D eigenvalue weighted by molar-refractivity contribution is -0.128. The normalized spacial score (nSPS) is 11.9. The number of carbonyl (C=O) groups excluding carboxylic acids is 1. The van der Waals surface area contributed by atoms with Gasteiger partial charge in [-0.05, 0) is 54.8 Å². The first-order valence-electron chi connectivity index (χ1n) is 8.08. The van der Waals surface area contributed by atoms with Crippen LogP contribution in [0.25, 0.3) is 6.08 Å². The minimum Gasteiger partial charge on any atom is -0.332 e. The molecule has 2 aromatic rings. The Kier molecular flexibility index (Phi) is 6.27. The van der Waals surface area contributed by atoms with E-state index in [1.165, 1.54) is 0 Å². The van der Waals surface area contributed by atoms with Gasteiger partial charge in [0.15, 0.2) is 0 Å². The van der Waals surface area contributed by atoms with Gasteiger partial charge in [0, 0.05) is 25.0 Å². The van der Waals surface area contributed by atoms with E-state index in [4.69, 9.17) is 5.26 Å². The van der Waals surface area contributed by atoms with Crippen LogP contribution < -0.4 is 0 Å². The molecular weight excluding hydrogens is 298 g/mol. The van der Waals surface area contributed by atoms with Crippen molar-refractivity contribution in [1.82, 2.24) is 9.88 Å². The predicted molar refractivity (Wildman–Crippen MR) is 94.8 cm³/mol. The molecule has 24 heavy (non-hydrogen) atoms. The summed E-state index contributed by atoms with van der Waals surface area (Å²) < 4.78 is 0. The Labute approximate surface area is 143 Å². The van der Waals surface area contributed by atoms with Crippen LogP contribution in [0, 0.1) is 11.3 Å². The quantitative estimate of drug-likeness (QED) is 0.757. The van der Waals surface area contributed by atoms with Crippen molar-refractivity contribution in [2.24, 2.45) is 0 Å². The molecule has 0 saturated carbocycles. The summed E-state index contributed by atoms with van der Waals surface area (Å²) in [5.41, 5.74) is 2.51. The van der Waals surface area contributed by atoms with Gasteiger partial charge in [0.25, 0.3) is 0 Å². The first-order valence-corrected chi connectivity index (χ1v) is 8.08. The van der Waals surface area contributed by atoms with Gasteiger partial charge in [0.2, 0.25) is 5.91 Å². The molecule has 4 heteroatoms. The molecular formula is C20H21N3O. The molecule has 1 aromatic carbocycles. The molecule has 0 aliphatic heterocycles. The van der Waals surface area contributed by atoms with Gasteiger partial charge in [-0.2, -0.15) is 5.26 Å². The van der Waals surface area contributed by atoms with E-state index in [2.05, 4.69) is 18.0 Å². The lowest BCUT2D eigenvalue weighted by Crippen LogP contribution is -2.33. The van der Waals surface area contributed by atoms with E-state index in [9.17, 15) is 4.79 Å². The van der Waals surface area contributed by atoms with E-state index >= 15 is 0 Å². The van der Waals surface area contributed by atoms with Gasteiger partial charge in [0.05, 0.1) is 17.7 Å². The fourth-order valence-corrected chi connectivity index (χ4v) is 2.73. The Balaban J connectivity index is 2.18. The average molecular weight is 319 g/mol. The third-order valence-electron chi connectivity index (χ3n) is 3.91. The summed E-state index contributed by atoms with van der Waals surface area (Å²) in [5.74, 6) is -0.0384. The molecule has 1 amide bonds. The molecule has 122 valence electrons. The highest BCUT2D eigenvalue weighted by atomic mass is 16.2. The van der Waals surface area contributed by atoms with E-state index in [0.717, 1.165) is 17.5 Å². The molecule has 0 bridgehead atoms. The molecule has 1 atom stereocenters. The number of nitrogens with zero attached hydrogens (tertiary/aromatic N) is 3. The number of nitriles is 1. The number of hydrogen-bond donors (Lipinski definition) is 0. The van der Waals surface area contributed by atoms with Gasteiger partial charge in [-0.15, -0.1) is 0 Å². The van der Waals surface area contributed by atoms with Crippen LogP contribution in [-0.2, 0) is 4.79 Å². The minimum absolute atomic E-state index is 0.0283. The highest BCUT2D eigenvalue weighted by Gasteiger charge is 2.20. The zero-order valence-electron chi connectivity index (χ0n) is 14.0. The van der Waals surface area contributed by atoms with Crippen LogP contribution in [0.3, 0.4) is 0 Å². The summed E-state index contributed by atoms with van der Waals surface area (Å²) in [4.78, 5) is 18.5. The van der Waals surface area contributed by atoms with Gasteiger partial charge in [-0.3, -0.25) is 9.78 Å². The number of aromatic nitrogens is 1. The van der Waals surface area contributed by atoms with E-state index in [-0.39, 0.29) is 11.9 Å². The van der Waals surface area contributed by atoms with E-state index in [1.54, 1.807) is 36.7 Å². The predicted octanol–water partition coefficient (Wildman–Crippen LogP) is 3.97. The van der Waals surface area contributed by atoms with Gasteiger partial charge < -0.3 is 4.90 Å². The summed E-state index contributed by atoms with van der Waals surface area (Å²) in [5, 5.41) is 8.94. The zero-order chi connectivity index (χ0) is 17.4. The van der Waals surface area contributed by atoms with Crippen LogP contribution in [0.1, 0.15) is 43.0 Å². The van der Waals surface area contributed by atoms with Crippen LogP contribution in [0.15, 0.2) is 54.9 Å². The molecule has 0 aliphatic rings. The topological polar surface area (TPSA) is 57.0 Å². The van der Waals surface area contributed by atoms with Crippen molar-refractivity contribution in [3.63, 3.8) is 0 Å². The van der Waals surface area contributed by atoms with Crippen molar-refractivity contribution in [3.8, 4) is 6.07 Å². The molecule has 0 fully saturated rings. The Morgan fingerprint density at radius 3 is 2.67 bits per heavy atom. The van der Waals surface area contributed by atoms with Crippen molar-refractivity contribution in [2.75, 3.05) is 6.54 Å². The highest BCUT2D eigenvalue weighted by Crippen LogP contribution is 2.24. The van der Waals surface area contributed by atoms with Crippen LogP contribution in [0.4, 0.5) is 0 Å². The Hall–Kier alpha value is -2.93. The fraction of sp³-hybridized carbons (Fsp3) is 0.250. The van der Waals surface area contributed by atoms with Crippen LogP contribution in [0.2, 0.25) is 0 Å². The number of hydrogen-bond acceptors (Lipinski definition) is 3. The highest BCUT2D eigenvalue weighted by molar-refractivity contribution is 5.92. The molecule has 0 spiro atoms. The van der Waals surface area contributed by atoms with Crippen LogP contribution >= 0.6 is 0 Å². The smallest absolute Gasteiger partial charge is 0.247 e. The molecule has 1 aromatic heterocycles. The number of rotatable bonds is 6. The largest absolute Gasteiger partial charge is 0.332 e. The third-order valence-corrected chi connectivity index (χ3v) is 3.91. The van der Waals surface area contributed by atoms with Crippen molar-refractivity contribution >= 4 is 12.0 Å². The number of likely N-dealkylation sites (N-methyl/N-ethyl adjacent to an activating group) is 1. The van der Waals surface area contributed by atoms with E-state index in [0.29, 0.717) is 12.1 Å². The summed E-state index contributed by atoms with van der Waals surface area (Å²) in [6.45, 7) is 4.68. The standard InChI is InChI=1S/C20H21N3O/c1-3-19(18-10-12-22-13-11-18)23(4-2)20(24)9-8-16-6-5-7-17(14-16)15-21/h5-14,19H,3-4H2,1-2H3/b9-8+/t19-/m1/s1. The van der Waals surface area contributed by atoms with Crippen molar-refractivity contribution in [3.05, 3.63) is 71.6 Å². The Bertz CT molecular complexity index is 747. The third kappa shape index (κ3) is 4.30. The number of amides is 1. The van der Waals surface area contributed by atoms with E-state index < -0.39 is 0 Å². The maximum absolute atomic E-state index is 12.6. The summed E-state index contributed by atoms with van der Waals surface area (Å²) in [7, 11) is 0. The van der Waals surface area contributed by atoms with Crippen LogP contribution in [-0.4, -0.2) is 22.3 Å². The molecule has 0 unspecified atom stereocenters. The monoisotopic (exact) mass is 319 g/mol. The lowest BCUT2D eigenvalue weighted by Gasteiger charge is -2.29. The molecule has 4 nitrogen and oxygen atoms in total. The zero-order valence-corrected chi connectivity index (χ0v) is 14.0. The minimum atomic E-state index is -0.0384. The lowest BCUT2D eigenvalue weighted by atomic mass is 10.0. The number of benzene rings is 1. The second-order valence-corrected chi connectivity index (χ2v) is 5.40. The van der Waals surface area contributed by atoms with Gasteiger partial charge in [0.1, 0.15) is 0 Å². The first kappa shape index (κ1) is 17.4. The number of carbonyl (C=O) groups is 1. The Morgan fingerprint density at radius 1 is 1.29 bits per heavy atom. The van der Waals surface area contributed by atoms with Crippen LogP contribution in [0.5, 0.6) is 0 Å². The molecule has 0 saturated heterocycles. The second kappa shape index (κ2) is 8.64. The summed E-state index contributed by atoms with van der Waals surface area (Å²) >= 11 is 0. The molecule has 0 aliphatic carbocycles.